The number of aromatic nitrogens is 2. The van der Waals surface area contributed by atoms with Crippen LogP contribution in [0, 0.1) is 0 Å². The van der Waals surface area contributed by atoms with Crippen molar-refractivity contribution < 1.29 is 9.84 Å². The fraction of sp³-hybridized carbons (Fsp3) is 0.444. The summed E-state index contributed by atoms with van der Waals surface area (Å²) in [5, 5.41) is 9.47. The number of aliphatic hydroxyl groups excluding tert-OH is 1. The standard InChI is InChI=1S/C18H25N5O2/c1-25-16-4-2-3-14(9-16)11-22-6-7-23(12-15(22)5-8-24)18-10-17(19)20-13-21-18/h2-4,9-10,13,15,24H,5-8,11-12H2,1H3,(H2,19,20,21)/t15-/m1/s1. The molecule has 0 saturated carbocycles. The third kappa shape index (κ3) is 4.37. The summed E-state index contributed by atoms with van der Waals surface area (Å²) in [6, 6.07) is 10.2. The summed E-state index contributed by atoms with van der Waals surface area (Å²) in [6.07, 6.45) is 2.22. The van der Waals surface area contributed by atoms with Crippen LogP contribution in [-0.4, -0.2) is 59.4 Å². The zero-order chi connectivity index (χ0) is 17.6. The lowest BCUT2D eigenvalue weighted by molar-refractivity contribution is 0.135. The Bertz CT molecular complexity index is 697. The molecule has 0 spiro atoms. The highest BCUT2D eigenvalue weighted by Gasteiger charge is 2.27. The molecule has 7 nitrogen and oxygen atoms in total. The molecule has 1 atom stereocenters. The van der Waals surface area contributed by atoms with E-state index < -0.39 is 0 Å². The first kappa shape index (κ1) is 17.4. The molecule has 3 N–H and O–H groups in total. The highest BCUT2D eigenvalue weighted by molar-refractivity contribution is 5.46. The Balaban J connectivity index is 1.71. The van der Waals surface area contributed by atoms with Crippen LogP contribution in [0.25, 0.3) is 0 Å². The van der Waals surface area contributed by atoms with Crippen LogP contribution in [-0.2, 0) is 6.54 Å². The monoisotopic (exact) mass is 343 g/mol. The van der Waals surface area contributed by atoms with Gasteiger partial charge >= 0.3 is 0 Å². The maximum absolute atomic E-state index is 9.47. The van der Waals surface area contributed by atoms with Crippen LogP contribution in [0.2, 0.25) is 0 Å². The molecule has 25 heavy (non-hydrogen) atoms. The normalized spacial score (nSPS) is 18.3. The summed E-state index contributed by atoms with van der Waals surface area (Å²) < 4.78 is 5.31. The number of nitrogen functional groups attached to an aromatic ring is 1. The quantitative estimate of drug-likeness (QED) is 0.813. The Kier molecular flexibility index (Phi) is 5.67. The maximum atomic E-state index is 9.47. The molecular formula is C18H25N5O2. The molecule has 1 saturated heterocycles. The number of nitrogens with two attached hydrogens (primary N) is 1. The molecule has 3 rings (SSSR count). The van der Waals surface area contributed by atoms with Crippen LogP contribution < -0.4 is 15.4 Å². The number of piperazine rings is 1. The summed E-state index contributed by atoms with van der Waals surface area (Å²) in [7, 11) is 1.68. The molecule has 1 aromatic heterocycles. The molecule has 0 aliphatic carbocycles. The minimum Gasteiger partial charge on any atom is -0.497 e. The van der Waals surface area contributed by atoms with E-state index in [0.29, 0.717) is 5.82 Å². The van der Waals surface area contributed by atoms with Crippen molar-refractivity contribution >= 4 is 11.6 Å². The predicted octanol–water partition coefficient (Wildman–Crippen LogP) is 1.14. The summed E-state index contributed by atoms with van der Waals surface area (Å²) in [5.74, 6) is 2.19. The van der Waals surface area contributed by atoms with Gasteiger partial charge < -0.3 is 20.5 Å². The molecule has 1 aromatic carbocycles. The summed E-state index contributed by atoms with van der Waals surface area (Å²) in [5.41, 5.74) is 6.99. The molecule has 2 aromatic rings. The van der Waals surface area contributed by atoms with Gasteiger partial charge in [-0.1, -0.05) is 12.1 Å². The zero-order valence-corrected chi connectivity index (χ0v) is 14.5. The summed E-state index contributed by atoms with van der Waals surface area (Å²) in [4.78, 5) is 12.9. The number of nitrogens with zero attached hydrogens (tertiary/aromatic N) is 4. The van der Waals surface area contributed by atoms with Crippen molar-refractivity contribution in [2.24, 2.45) is 0 Å². The van der Waals surface area contributed by atoms with Crippen molar-refractivity contribution in [1.82, 2.24) is 14.9 Å². The number of aliphatic hydroxyl groups is 1. The predicted molar refractivity (Wildman–Crippen MR) is 97.6 cm³/mol. The molecular weight excluding hydrogens is 318 g/mol. The maximum Gasteiger partial charge on any atom is 0.134 e. The van der Waals surface area contributed by atoms with Crippen LogP contribution in [0.15, 0.2) is 36.7 Å². The van der Waals surface area contributed by atoms with Crippen molar-refractivity contribution in [1.29, 1.82) is 0 Å². The van der Waals surface area contributed by atoms with Crippen LogP contribution in [0.5, 0.6) is 5.75 Å². The van der Waals surface area contributed by atoms with E-state index in [9.17, 15) is 5.11 Å². The Morgan fingerprint density at radius 2 is 2.16 bits per heavy atom. The van der Waals surface area contributed by atoms with E-state index in [1.165, 1.54) is 11.9 Å². The van der Waals surface area contributed by atoms with E-state index in [4.69, 9.17) is 10.5 Å². The lowest BCUT2D eigenvalue weighted by Gasteiger charge is -2.42. The van der Waals surface area contributed by atoms with E-state index in [0.717, 1.165) is 44.2 Å². The minimum absolute atomic E-state index is 0.166. The SMILES string of the molecule is COc1cccc(CN2CCN(c3cc(N)ncn3)C[C@H]2CCO)c1. The Morgan fingerprint density at radius 3 is 2.92 bits per heavy atom. The number of ether oxygens (including phenoxy) is 1. The van der Waals surface area contributed by atoms with Gasteiger partial charge in [0.25, 0.3) is 0 Å². The van der Waals surface area contributed by atoms with Crippen LogP contribution in [0.3, 0.4) is 0 Å². The van der Waals surface area contributed by atoms with Crippen LogP contribution >= 0.6 is 0 Å². The Morgan fingerprint density at radius 1 is 1.28 bits per heavy atom. The molecule has 2 heterocycles. The van der Waals surface area contributed by atoms with Crippen molar-refractivity contribution in [3.63, 3.8) is 0 Å². The van der Waals surface area contributed by atoms with Gasteiger partial charge in [0.1, 0.15) is 23.7 Å². The van der Waals surface area contributed by atoms with Crippen molar-refractivity contribution in [3.8, 4) is 5.75 Å². The van der Waals surface area contributed by atoms with Gasteiger partial charge in [0.05, 0.1) is 7.11 Å². The lowest BCUT2D eigenvalue weighted by atomic mass is 10.1. The fourth-order valence-corrected chi connectivity index (χ4v) is 3.27. The van der Waals surface area contributed by atoms with E-state index in [-0.39, 0.29) is 12.6 Å². The Labute approximate surface area is 148 Å². The molecule has 0 amide bonds. The van der Waals surface area contributed by atoms with E-state index in [1.54, 1.807) is 13.2 Å². The van der Waals surface area contributed by atoms with Gasteiger partial charge in [-0.3, -0.25) is 4.90 Å². The third-order valence-electron chi connectivity index (χ3n) is 4.58. The number of methoxy groups -OCH3 is 1. The summed E-state index contributed by atoms with van der Waals surface area (Å²) in [6.45, 7) is 3.57. The van der Waals surface area contributed by atoms with E-state index >= 15 is 0 Å². The number of benzene rings is 1. The molecule has 7 heteroatoms. The first-order chi connectivity index (χ1) is 12.2. The molecule has 1 aliphatic rings. The highest BCUT2D eigenvalue weighted by Crippen LogP contribution is 2.22. The molecule has 0 bridgehead atoms. The van der Waals surface area contributed by atoms with Gasteiger partial charge in [-0.2, -0.15) is 0 Å². The van der Waals surface area contributed by atoms with E-state index in [1.807, 2.05) is 12.1 Å². The van der Waals surface area contributed by atoms with Gasteiger partial charge in [-0.25, -0.2) is 9.97 Å². The number of hydrogen-bond donors (Lipinski definition) is 2. The van der Waals surface area contributed by atoms with Gasteiger partial charge in [0.2, 0.25) is 0 Å². The van der Waals surface area contributed by atoms with Gasteiger partial charge in [-0.05, 0) is 24.1 Å². The second-order valence-corrected chi connectivity index (χ2v) is 6.24. The topological polar surface area (TPSA) is 87.7 Å². The van der Waals surface area contributed by atoms with Crippen molar-refractivity contribution in [2.75, 3.05) is 44.0 Å². The largest absolute Gasteiger partial charge is 0.497 e. The molecule has 1 aliphatic heterocycles. The van der Waals surface area contributed by atoms with Crippen molar-refractivity contribution in [3.05, 3.63) is 42.2 Å². The second kappa shape index (κ2) is 8.13. The Hall–Kier alpha value is -2.38. The first-order valence-corrected chi connectivity index (χ1v) is 8.50. The van der Waals surface area contributed by atoms with Crippen molar-refractivity contribution in [2.45, 2.75) is 19.0 Å². The minimum atomic E-state index is 0.166. The molecule has 134 valence electrons. The molecule has 0 unspecified atom stereocenters. The fourth-order valence-electron chi connectivity index (χ4n) is 3.27. The van der Waals surface area contributed by atoms with Gasteiger partial charge in [0, 0.05) is 44.9 Å². The second-order valence-electron chi connectivity index (χ2n) is 6.24. The summed E-state index contributed by atoms with van der Waals surface area (Å²) >= 11 is 0. The number of hydrogen-bond acceptors (Lipinski definition) is 7. The van der Waals surface area contributed by atoms with Gasteiger partial charge in [-0.15, -0.1) is 0 Å². The van der Waals surface area contributed by atoms with Crippen LogP contribution in [0.4, 0.5) is 11.6 Å². The average molecular weight is 343 g/mol. The molecule has 0 radical (unpaired) electrons. The lowest BCUT2D eigenvalue weighted by Crippen LogP contribution is -2.53. The first-order valence-electron chi connectivity index (χ1n) is 8.50. The van der Waals surface area contributed by atoms with Gasteiger partial charge in [0.15, 0.2) is 0 Å². The molecule has 1 fully saturated rings. The highest BCUT2D eigenvalue weighted by atomic mass is 16.5. The average Bonchev–Trinajstić information content (AvgIpc) is 2.63. The van der Waals surface area contributed by atoms with E-state index in [2.05, 4.69) is 31.9 Å². The number of anilines is 2. The third-order valence-corrected chi connectivity index (χ3v) is 4.58. The zero-order valence-electron chi connectivity index (χ0n) is 14.5. The number of rotatable bonds is 6. The van der Waals surface area contributed by atoms with Crippen LogP contribution in [0.1, 0.15) is 12.0 Å². The smallest absolute Gasteiger partial charge is 0.134 e.